The van der Waals surface area contributed by atoms with Crippen LogP contribution in [0.4, 0.5) is 0 Å². The zero-order valence-electron chi connectivity index (χ0n) is 16.4. The lowest BCUT2D eigenvalue weighted by Crippen LogP contribution is -2.37. The van der Waals surface area contributed by atoms with Crippen LogP contribution in [0.5, 0.6) is 0 Å². The molecule has 2 fully saturated rings. The maximum atomic E-state index is 12.6. The molecule has 2 aromatic rings. The first-order chi connectivity index (χ1) is 13.6. The molecule has 1 saturated heterocycles. The third-order valence-electron chi connectivity index (χ3n) is 6.57. The van der Waals surface area contributed by atoms with E-state index in [1.54, 1.807) is 0 Å². The summed E-state index contributed by atoms with van der Waals surface area (Å²) in [4.78, 5) is 15.1. The van der Waals surface area contributed by atoms with Gasteiger partial charge in [-0.25, -0.2) is 0 Å². The van der Waals surface area contributed by atoms with E-state index in [1.165, 1.54) is 31.9 Å². The van der Waals surface area contributed by atoms with E-state index in [4.69, 9.17) is 16.3 Å². The van der Waals surface area contributed by atoms with Crippen molar-refractivity contribution >= 4 is 17.6 Å². The lowest BCUT2D eigenvalue weighted by atomic mass is 9.89. The minimum atomic E-state index is -0.486. The summed E-state index contributed by atoms with van der Waals surface area (Å²) in [6.07, 6.45) is 4.50. The van der Waals surface area contributed by atoms with Crippen molar-refractivity contribution in [1.82, 2.24) is 4.90 Å². The summed E-state index contributed by atoms with van der Waals surface area (Å²) in [5.74, 6) is 0.977. The fraction of sp³-hybridized carbons (Fsp3) is 0.458. The van der Waals surface area contributed by atoms with Crippen molar-refractivity contribution in [1.29, 1.82) is 0 Å². The molecule has 2 atom stereocenters. The zero-order chi connectivity index (χ0) is 19.6. The molecule has 0 amide bonds. The maximum Gasteiger partial charge on any atom is 0.316 e. The van der Waals surface area contributed by atoms with Gasteiger partial charge in [0.05, 0.1) is 12.5 Å². The largest absolute Gasteiger partial charge is 0.468 e. The van der Waals surface area contributed by atoms with Gasteiger partial charge >= 0.3 is 5.97 Å². The van der Waals surface area contributed by atoms with Crippen molar-refractivity contribution in [2.24, 2.45) is 11.8 Å². The van der Waals surface area contributed by atoms with Crippen LogP contribution < -0.4 is 0 Å². The standard InChI is InChI=1S/C24H28ClNO2/c1-28-23(27)24(20-7-9-22(25)10-8-20)16-21(24)17-26-13-11-19(12-14-26)15-18-5-3-2-4-6-18/h2-10,19,21H,11-17H2,1H3/t21-,24+/m1/s1. The Bertz CT molecular complexity index is 799. The molecule has 1 heterocycles. The molecule has 0 aromatic heterocycles. The highest BCUT2D eigenvalue weighted by atomic mass is 35.5. The maximum absolute atomic E-state index is 12.6. The first-order valence-electron chi connectivity index (χ1n) is 10.2. The number of carbonyl (C=O) groups excluding carboxylic acids is 1. The lowest BCUT2D eigenvalue weighted by molar-refractivity contribution is -0.144. The topological polar surface area (TPSA) is 29.5 Å². The molecular weight excluding hydrogens is 370 g/mol. The van der Waals surface area contributed by atoms with E-state index in [0.29, 0.717) is 10.9 Å². The second-order valence-electron chi connectivity index (χ2n) is 8.30. The van der Waals surface area contributed by atoms with E-state index in [-0.39, 0.29) is 5.97 Å². The van der Waals surface area contributed by atoms with Gasteiger partial charge in [0, 0.05) is 11.6 Å². The number of methoxy groups -OCH3 is 1. The minimum Gasteiger partial charge on any atom is -0.468 e. The van der Waals surface area contributed by atoms with E-state index in [2.05, 4.69) is 35.2 Å². The van der Waals surface area contributed by atoms with Crippen LogP contribution in [0, 0.1) is 11.8 Å². The molecule has 0 N–H and O–H groups in total. The summed E-state index contributed by atoms with van der Waals surface area (Å²) in [6.45, 7) is 3.20. The molecule has 1 saturated carbocycles. The Balaban J connectivity index is 1.35. The van der Waals surface area contributed by atoms with Crippen LogP contribution in [-0.4, -0.2) is 37.6 Å². The van der Waals surface area contributed by atoms with Crippen molar-refractivity contribution in [3.8, 4) is 0 Å². The molecule has 2 aliphatic rings. The highest BCUT2D eigenvalue weighted by Gasteiger charge is 2.62. The van der Waals surface area contributed by atoms with Crippen molar-refractivity contribution in [2.45, 2.75) is 31.1 Å². The van der Waals surface area contributed by atoms with Crippen LogP contribution in [0.1, 0.15) is 30.4 Å². The fourth-order valence-electron chi connectivity index (χ4n) is 4.83. The molecule has 28 heavy (non-hydrogen) atoms. The van der Waals surface area contributed by atoms with Crippen LogP contribution in [-0.2, 0) is 21.4 Å². The SMILES string of the molecule is COC(=O)[C@]1(c2ccc(Cl)cc2)C[C@@H]1CN1CCC(Cc2ccccc2)CC1. The number of carbonyl (C=O) groups is 1. The van der Waals surface area contributed by atoms with Gasteiger partial charge in [-0.1, -0.05) is 54.1 Å². The molecule has 148 valence electrons. The number of likely N-dealkylation sites (tertiary alicyclic amines) is 1. The number of hydrogen-bond acceptors (Lipinski definition) is 3. The van der Waals surface area contributed by atoms with Gasteiger partial charge < -0.3 is 9.64 Å². The monoisotopic (exact) mass is 397 g/mol. The lowest BCUT2D eigenvalue weighted by Gasteiger charge is -2.32. The van der Waals surface area contributed by atoms with Crippen molar-refractivity contribution in [3.63, 3.8) is 0 Å². The summed E-state index contributed by atoms with van der Waals surface area (Å²) in [5, 5.41) is 0.696. The average Bonchev–Trinajstić information content (AvgIpc) is 3.45. The van der Waals surface area contributed by atoms with E-state index >= 15 is 0 Å². The van der Waals surface area contributed by atoms with Gasteiger partial charge in [-0.3, -0.25) is 4.79 Å². The molecule has 4 heteroatoms. The summed E-state index contributed by atoms with van der Waals surface area (Å²) >= 11 is 6.03. The molecule has 1 aliphatic heterocycles. The predicted molar refractivity (Wildman–Crippen MR) is 113 cm³/mol. The second kappa shape index (κ2) is 8.26. The average molecular weight is 398 g/mol. The Hall–Kier alpha value is -1.84. The summed E-state index contributed by atoms with van der Waals surface area (Å²) < 4.78 is 5.17. The number of ether oxygens (including phenoxy) is 1. The van der Waals surface area contributed by atoms with E-state index in [9.17, 15) is 4.79 Å². The Kier molecular flexibility index (Phi) is 5.75. The highest BCUT2D eigenvalue weighted by molar-refractivity contribution is 6.30. The number of halogens is 1. The van der Waals surface area contributed by atoms with Crippen LogP contribution in [0.3, 0.4) is 0 Å². The number of piperidine rings is 1. The Morgan fingerprint density at radius 1 is 1.11 bits per heavy atom. The van der Waals surface area contributed by atoms with E-state index in [0.717, 1.165) is 37.5 Å². The Labute approximate surface area is 172 Å². The molecule has 3 nitrogen and oxygen atoms in total. The number of esters is 1. The molecule has 0 spiro atoms. The van der Waals surface area contributed by atoms with Crippen molar-refractivity contribution in [2.75, 3.05) is 26.7 Å². The normalized spacial score (nSPS) is 25.4. The van der Waals surface area contributed by atoms with Gasteiger partial charge in [-0.15, -0.1) is 0 Å². The molecular formula is C24H28ClNO2. The molecule has 1 aliphatic carbocycles. The van der Waals surface area contributed by atoms with Crippen molar-refractivity contribution < 1.29 is 9.53 Å². The first kappa shape index (κ1) is 19.5. The van der Waals surface area contributed by atoms with Crippen molar-refractivity contribution in [3.05, 3.63) is 70.7 Å². The molecule has 0 bridgehead atoms. The van der Waals surface area contributed by atoms with Gasteiger partial charge in [-0.2, -0.15) is 0 Å². The number of benzene rings is 2. The summed E-state index contributed by atoms with van der Waals surface area (Å²) in [5.41, 5.74) is 1.99. The molecule has 0 unspecified atom stereocenters. The van der Waals surface area contributed by atoms with Crippen LogP contribution in [0.25, 0.3) is 0 Å². The second-order valence-corrected chi connectivity index (χ2v) is 8.74. The van der Waals surface area contributed by atoms with E-state index < -0.39 is 5.41 Å². The van der Waals surface area contributed by atoms with Crippen LogP contribution >= 0.6 is 11.6 Å². The minimum absolute atomic E-state index is 0.112. The summed E-state index contributed by atoms with van der Waals surface area (Å²) in [6, 6.07) is 18.5. The smallest absolute Gasteiger partial charge is 0.316 e. The van der Waals surface area contributed by atoms with Gasteiger partial charge in [0.2, 0.25) is 0 Å². The molecule has 2 aromatic carbocycles. The quantitative estimate of drug-likeness (QED) is 0.660. The van der Waals surface area contributed by atoms with Gasteiger partial charge in [0.25, 0.3) is 0 Å². The van der Waals surface area contributed by atoms with Gasteiger partial charge in [0.15, 0.2) is 0 Å². The zero-order valence-corrected chi connectivity index (χ0v) is 17.2. The van der Waals surface area contributed by atoms with Crippen LogP contribution in [0.2, 0.25) is 5.02 Å². The third-order valence-corrected chi connectivity index (χ3v) is 6.82. The Morgan fingerprint density at radius 2 is 1.79 bits per heavy atom. The predicted octanol–water partition coefficient (Wildman–Crippen LogP) is 4.73. The fourth-order valence-corrected chi connectivity index (χ4v) is 4.96. The molecule has 4 rings (SSSR count). The molecule has 0 radical (unpaired) electrons. The number of nitrogens with zero attached hydrogens (tertiary/aromatic N) is 1. The van der Waals surface area contributed by atoms with Crippen LogP contribution in [0.15, 0.2) is 54.6 Å². The summed E-state index contributed by atoms with van der Waals surface area (Å²) in [7, 11) is 1.49. The van der Waals surface area contributed by atoms with E-state index in [1.807, 2.05) is 24.3 Å². The van der Waals surface area contributed by atoms with Gasteiger partial charge in [0.1, 0.15) is 0 Å². The Morgan fingerprint density at radius 3 is 2.43 bits per heavy atom. The number of hydrogen-bond donors (Lipinski definition) is 0. The van der Waals surface area contributed by atoms with Gasteiger partial charge in [-0.05, 0) is 73.9 Å². The first-order valence-corrected chi connectivity index (χ1v) is 10.6. The third kappa shape index (κ3) is 3.97. The number of rotatable bonds is 6. The highest BCUT2D eigenvalue weighted by Crippen LogP contribution is 2.55.